The molecule has 1 aliphatic rings. The number of hydrogen-bond donors (Lipinski definition) is 0. The lowest BCUT2D eigenvalue weighted by Crippen LogP contribution is -2.16. The van der Waals surface area contributed by atoms with Gasteiger partial charge in [-0.15, -0.1) is 0 Å². The summed E-state index contributed by atoms with van der Waals surface area (Å²) in [6, 6.07) is 2.68. The Bertz CT molecular complexity index is 235. The van der Waals surface area contributed by atoms with Crippen LogP contribution in [0.4, 0.5) is 0 Å². The Balaban J connectivity index is 2.08. The zero-order valence-electron chi connectivity index (χ0n) is 8.32. The van der Waals surface area contributed by atoms with Gasteiger partial charge < -0.3 is 0 Å². The highest BCUT2D eigenvalue weighted by atomic mass is 15.3. The van der Waals surface area contributed by atoms with Crippen molar-refractivity contribution in [2.45, 2.75) is 45.1 Å². The van der Waals surface area contributed by atoms with Gasteiger partial charge in [-0.05, 0) is 31.2 Å². The highest BCUT2D eigenvalue weighted by Crippen LogP contribution is 2.35. The van der Waals surface area contributed by atoms with E-state index in [4.69, 9.17) is 0 Å². The van der Waals surface area contributed by atoms with Crippen LogP contribution in [0.5, 0.6) is 0 Å². The first-order chi connectivity index (χ1) is 6.42. The van der Waals surface area contributed by atoms with Crippen molar-refractivity contribution in [3.63, 3.8) is 0 Å². The van der Waals surface area contributed by atoms with Gasteiger partial charge in [0.05, 0.1) is 6.04 Å². The molecule has 2 nitrogen and oxygen atoms in total. The fraction of sp³-hybridized carbons (Fsp3) is 0.727. The van der Waals surface area contributed by atoms with Gasteiger partial charge in [-0.25, -0.2) is 0 Å². The number of hydrogen-bond acceptors (Lipinski definition) is 1. The van der Waals surface area contributed by atoms with Crippen LogP contribution in [0.3, 0.4) is 0 Å². The van der Waals surface area contributed by atoms with E-state index in [9.17, 15) is 0 Å². The largest absolute Gasteiger partial charge is 0.269 e. The third-order valence-corrected chi connectivity index (χ3v) is 3.23. The predicted octanol–water partition coefficient (Wildman–Crippen LogP) is 3.02. The fourth-order valence-electron chi connectivity index (χ4n) is 2.56. The summed E-state index contributed by atoms with van der Waals surface area (Å²) in [7, 11) is 0. The Morgan fingerprint density at radius 3 is 2.77 bits per heavy atom. The van der Waals surface area contributed by atoms with Gasteiger partial charge in [-0.3, -0.25) is 4.68 Å². The van der Waals surface area contributed by atoms with Gasteiger partial charge in [0, 0.05) is 12.4 Å². The molecule has 72 valence electrons. The first-order valence-corrected chi connectivity index (χ1v) is 5.41. The molecule has 0 aromatic carbocycles. The van der Waals surface area contributed by atoms with E-state index < -0.39 is 0 Å². The van der Waals surface area contributed by atoms with E-state index in [0.717, 1.165) is 5.92 Å². The van der Waals surface area contributed by atoms with Gasteiger partial charge in [-0.2, -0.15) is 5.10 Å². The monoisotopic (exact) mass is 178 g/mol. The second kappa shape index (κ2) is 3.95. The van der Waals surface area contributed by atoms with E-state index >= 15 is 0 Å². The Labute approximate surface area is 80.0 Å². The highest BCUT2D eigenvalue weighted by molar-refractivity contribution is 4.85. The van der Waals surface area contributed by atoms with Gasteiger partial charge in [-0.1, -0.05) is 19.8 Å². The Morgan fingerprint density at radius 1 is 1.46 bits per heavy atom. The molecule has 1 heterocycles. The highest BCUT2D eigenvalue weighted by Gasteiger charge is 2.24. The molecule has 1 aromatic rings. The first-order valence-electron chi connectivity index (χ1n) is 5.41. The molecule has 1 unspecified atom stereocenters. The molecule has 0 saturated heterocycles. The van der Waals surface area contributed by atoms with Crippen LogP contribution in [0.25, 0.3) is 0 Å². The van der Waals surface area contributed by atoms with E-state index in [0.29, 0.717) is 6.04 Å². The number of rotatable bonds is 3. The average molecular weight is 178 g/mol. The molecule has 1 aliphatic carbocycles. The SMILES string of the molecule is CCC(C1CCCC1)n1cccn1. The summed E-state index contributed by atoms with van der Waals surface area (Å²) in [6.45, 7) is 2.27. The van der Waals surface area contributed by atoms with Gasteiger partial charge in [0.1, 0.15) is 0 Å². The van der Waals surface area contributed by atoms with E-state index in [1.165, 1.54) is 32.1 Å². The van der Waals surface area contributed by atoms with E-state index in [1.807, 2.05) is 12.3 Å². The van der Waals surface area contributed by atoms with Crippen LogP contribution in [0.1, 0.15) is 45.1 Å². The summed E-state index contributed by atoms with van der Waals surface area (Å²) < 4.78 is 2.15. The molecule has 1 fully saturated rings. The minimum atomic E-state index is 0.650. The molecule has 13 heavy (non-hydrogen) atoms. The minimum Gasteiger partial charge on any atom is -0.269 e. The summed E-state index contributed by atoms with van der Waals surface area (Å²) in [5.41, 5.74) is 0. The molecule has 0 spiro atoms. The van der Waals surface area contributed by atoms with Crippen molar-refractivity contribution in [1.29, 1.82) is 0 Å². The number of nitrogens with zero attached hydrogens (tertiary/aromatic N) is 2. The topological polar surface area (TPSA) is 17.8 Å². The molecular formula is C11H18N2. The van der Waals surface area contributed by atoms with E-state index in [2.05, 4.69) is 22.9 Å². The van der Waals surface area contributed by atoms with Crippen LogP contribution in [-0.4, -0.2) is 9.78 Å². The summed E-state index contributed by atoms with van der Waals surface area (Å²) in [6.07, 6.45) is 10.8. The zero-order chi connectivity index (χ0) is 9.10. The van der Waals surface area contributed by atoms with Crippen molar-refractivity contribution in [2.24, 2.45) is 5.92 Å². The zero-order valence-corrected chi connectivity index (χ0v) is 8.32. The van der Waals surface area contributed by atoms with Crippen LogP contribution in [-0.2, 0) is 0 Å². The molecule has 0 aliphatic heterocycles. The second-order valence-electron chi connectivity index (χ2n) is 4.01. The second-order valence-corrected chi connectivity index (χ2v) is 4.01. The van der Waals surface area contributed by atoms with Crippen molar-refractivity contribution in [3.8, 4) is 0 Å². The molecule has 2 rings (SSSR count). The normalized spacial score (nSPS) is 20.7. The molecule has 0 N–H and O–H groups in total. The molecule has 1 saturated carbocycles. The first kappa shape index (κ1) is 8.79. The molecule has 2 heteroatoms. The molecule has 0 amide bonds. The minimum absolute atomic E-state index is 0.650. The van der Waals surface area contributed by atoms with Crippen LogP contribution in [0, 0.1) is 5.92 Å². The van der Waals surface area contributed by atoms with Crippen LogP contribution >= 0.6 is 0 Å². The van der Waals surface area contributed by atoms with Crippen molar-refractivity contribution < 1.29 is 0 Å². The quantitative estimate of drug-likeness (QED) is 0.695. The van der Waals surface area contributed by atoms with Crippen molar-refractivity contribution in [1.82, 2.24) is 9.78 Å². The smallest absolute Gasteiger partial charge is 0.0544 e. The van der Waals surface area contributed by atoms with Gasteiger partial charge in [0.2, 0.25) is 0 Å². The summed E-state index contributed by atoms with van der Waals surface area (Å²) in [4.78, 5) is 0. The standard InChI is InChI=1S/C11H18N2/c1-2-11(10-6-3-4-7-10)13-9-5-8-12-13/h5,8-11H,2-4,6-7H2,1H3. The van der Waals surface area contributed by atoms with E-state index in [-0.39, 0.29) is 0 Å². The van der Waals surface area contributed by atoms with Gasteiger partial charge in [0.25, 0.3) is 0 Å². The summed E-state index contributed by atoms with van der Waals surface area (Å²) in [5, 5.41) is 4.35. The van der Waals surface area contributed by atoms with Crippen molar-refractivity contribution in [3.05, 3.63) is 18.5 Å². The Hall–Kier alpha value is -0.790. The fourth-order valence-corrected chi connectivity index (χ4v) is 2.56. The Morgan fingerprint density at radius 2 is 2.23 bits per heavy atom. The third kappa shape index (κ3) is 1.77. The maximum atomic E-state index is 4.35. The lowest BCUT2D eigenvalue weighted by molar-refractivity contribution is 0.301. The predicted molar refractivity (Wildman–Crippen MR) is 53.5 cm³/mol. The summed E-state index contributed by atoms with van der Waals surface area (Å²) >= 11 is 0. The molecule has 1 aromatic heterocycles. The average Bonchev–Trinajstić information content (AvgIpc) is 2.76. The molecule has 1 atom stereocenters. The summed E-state index contributed by atoms with van der Waals surface area (Å²) in [5.74, 6) is 0.880. The molecule has 0 radical (unpaired) electrons. The van der Waals surface area contributed by atoms with Crippen LogP contribution < -0.4 is 0 Å². The van der Waals surface area contributed by atoms with Gasteiger partial charge >= 0.3 is 0 Å². The molecular weight excluding hydrogens is 160 g/mol. The lowest BCUT2D eigenvalue weighted by atomic mass is 9.96. The maximum Gasteiger partial charge on any atom is 0.0544 e. The Kier molecular flexibility index (Phi) is 2.67. The third-order valence-electron chi connectivity index (χ3n) is 3.23. The van der Waals surface area contributed by atoms with Crippen molar-refractivity contribution >= 4 is 0 Å². The van der Waals surface area contributed by atoms with Crippen LogP contribution in [0.15, 0.2) is 18.5 Å². The lowest BCUT2D eigenvalue weighted by Gasteiger charge is -2.22. The molecule has 0 bridgehead atoms. The van der Waals surface area contributed by atoms with Gasteiger partial charge in [0.15, 0.2) is 0 Å². The van der Waals surface area contributed by atoms with E-state index in [1.54, 1.807) is 0 Å². The van der Waals surface area contributed by atoms with Crippen LogP contribution in [0.2, 0.25) is 0 Å². The van der Waals surface area contributed by atoms with Crippen molar-refractivity contribution in [2.75, 3.05) is 0 Å². The maximum absolute atomic E-state index is 4.35. The number of aromatic nitrogens is 2.